The number of rotatable bonds is 5. The van der Waals surface area contributed by atoms with E-state index in [9.17, 15) is 4.79 Å². The Morgan fingerprint density at radius 1 is 1.35 bits per heavy atom. The molecule has 1 saturated heterocycles. The fraction of sp³-hybridized carbons (Fsp3) is 0.412. The molecule has 0 atom stereocenters. The predicted molar refractivity (Wildman–Crippen MR) is 85.3 cm³/mol. The van der Waals surface area contributed by atoms with E-state index in [0.717, 1.165) is 32.5 Å². The second-order valence-electron chi connectivity index (χ2n) is 5.74. The largest absolute Gasteiger partial charge is 0.479 e. The van der Waals surface area contributed by atoms with Crippen molar-refractivity contribution in [1.82, 2.24) is 15.4 Å². The Hall–Kier alpha value is -2.34. The molecule has 0 spiro atoms. The number of nitrogens with one attached hydrogen (secondary N) is 1. The maximum atomic E-state index is 12.1. The van der Waals surface area contributed by atoms with E-state index in [0.29, 0.717) is 5.88 Å². The van der Waals surface area contributed by atoms with Crippen LogP contribution in [0.5, 0.6) is 5.88 Å². The van der Waals surface area contributed by atoms with Crippen LogP contribution in [0.15, 0.2) is 40.9 Å². The molecule has 1 fully saturated rings. The van der Waals surface area contributed by atoms with Crippen LogP contribution in [0.3, 0.4) is 0 Å². The molecule has 1 aromatic heterocycles. The second-order valence-corrected chi connectivity index (χ2v) is 5.74. The summed E-state index contributed by atoms with van der Waals surface area (Å²) >= 11 is 0. The van der Waals surface area contributed by atoms with Crippen LogP contribution in [0.4, 0.5) is 0 Å². The van der Waals surface area contributed by atoms with Gasteiger partial charge in [-0.05, 0) is 23.6 Å². The summed E-state index contributed by atoms with van der Waals surface area (Å²) in [5.74, 6) is 0.267. The van der Waals surface area contributed by atoms with E-state index in [1.165, 1.54) is 18.7 Å². The molecular formula is C17H21N3O3. The highest BCUT2D eigenvalue weighted by Crippen LogP contribution is 2.15. The predicted octanol–water partition coefficient (Wildman–Crippen LogP) is 2.08. The zero-order valence-electron chi connectivity index (χ0n) is 13.2. The molecule has 1 N–H and O–H groups in total. The fourth-order valence-electron chi connectivity index (χ4n) is 2.80. The third-order valence-corrected chi connectivity index (χ3v) is 4.09. The summed E-state index contributed by atoms with van der Waals surface area (Å²) in [4.78, 5) is 14.5. The Bertz CT molecular complexity index is 634. The van der Waals surface area contributed by atoms with Gasteiger partial charge < -0.3 is 14.6 Å². The Kier molecular flexibility index (Phi) is 4.92. The highest BCUT2D eigenvalue weighted by molar-refractivity contribution is 5.91. The minimum atomic E-state index is -0.234. The lowest BCUT2D eigenvalue weighted by Crippen LogP contribution is -2.44. The van der Waals surface area contributed by atoms with Gasteiger partial charge >= 0.3 is 0 Å². The van der Waals surface area contributed by atoms with Gasteiger partial charge in [-0.1, -0.05) is 30.3 Å². The number of likely N-dealkylation sites (tertiary alicyclic amines) is 1. The molecule has 3 rings (SSSR count). The van der Waals surface area contributed by atoms with Crippen molar-refractivity contribution in [1.29, 1.82) is 0 Å². The van der Waals surface area contributed by atoms with E-state index in [1.54, 1.807) is 0 Å². The number of piperidine rings is 1. The standard InChI is InChI=1S/C17H21N3O3/c1-22-16-11-15(23-19-16)17(21)18-14-7-9-20(10-8-14)12-13-5-3-2-4-6-13/h2-6,11,14H,7-10,12H2,1H3,(H,18,21). The first-order chi connectivity index (χ1) is 11.2. The highest BCUT2D eigenvalue weighted by atomic mass is 16.5. The SMILES string of the molecule is COc1cc(C(=O)NC2CCN(Cc3ccccc3)CC2)on1. The van der Waals surface area contributed by atoms with Gasteiger partial charge in [0.25, 0.3) is 11.8 Å². The molecule has 1 aliphatic rings. The van der Waals surface area contributed by atoms with E-state index in [2.05, 4.69) is 39.6 Å². The van der Waals surface area contributed by atoms with Gasteiger partial charge in [-0.3, -0.25) is 9.69 Å². The molecule has 6 heteroatoms. The molecule has 1 aliphatic heterocycles. The third kappa shape index (κ3) is 4.10. The van der Waals surface area contributed by atoms with Gasteiger partial charge in [0.1, 0.15) is 0 Å². The topological polar surface area (TPSA) is 67.6 Å². The molecule has 23 heavy (non-hydrogen) atoms. The van der Waals surface area contributed by atoms with Crippen molar-refractivity contribution in [2.24, 2.45) is 0 Å². The summed E-state index contributed by atoms with van der Waals surface area (Å²) in [6, 6.07) is 12.1. The molecule has 0 saturated carbocycles. The van der Waals surface area contributed by atoms with Crippen molar-refractivity contribution in [2.75, 3.05) is 20.2 Å². The second kappa shape index (κ2) is 7.28. The first-order valence-corrected chi connectivity index (χ1v) is 7.82. The molecule has 6 nitrogen and oxygen atoms in total. The van der Waals surface area contributed by atoms with Crippen LogP contribution in [0, 0.1) is 0 Å². The van der Waals surface area contributed by atoms with E-state index >= 15 is 0 Å². The number of methoxy groups -OCH3 is 1. The molecule has 0 aliphatic carbocycles. The van der Waals surface area contributed by atoms with Crippen LogP contribution >= 0.6 is 0 Å². The molecule has 0 bridgehead atoms. The number of carbonyl (C=O) groups excluding carboxylic acids is 1. The number of carbonyl (C=O) groups is 1. The number of benzene rings is 1. The lowest BCUT2D eigenvalue weighted by Gasteiger charge is -2.32. The Morgan fingerprint density at radius 2 is 2.09 bits per heavy atom. The van der Waals surface area contributed by atoms with E-state index < -0.39 is 0 Å². The Morgan fingerprint density at radius 3 is 2.74 bits per heavy atom. The van der Waals surface area contributed by atoms with Crippen molar-refractivity contribution < 1.29 is 14.1 Å². The van der Waals surface area contributed by atoms with Gasteiger partial charge in [0.05, 0.1) is 13.2 Å². The summed E-state index contributed by atoms with van der Waals surface area (Å²) in [5.41, 5.74) is 1.32. The zero-order chi connectivity index (χ0) is 16.1. The molecule has 2 aromatic rings. The number of aromatic nitrogens is 1. The number of hydrogen-bond donors (Lipinski definition) is 1. The van der Waals surface area contributed by atoms with Crippen LogP contribution in [-0.2, 0) is 6.54 Å². The van der Waals surface area contributed by atoms with Crippen LogP contribution < -0.4 is 10.1 Å². The van der Waals surface area contributed by atoms with Crippen LogP contribution in [0.25, 0.3) is 0 Å². The number of nitrogens with zero attached hydrogens (tertiary/aromatic N) is 2. The number of hydrogen-bond acceptors (Lipinski definition) is 5. The highest BCUT2D eigenvalue weighted by Gasteiger charge is 2.23. The first-order valence-electron chi connectivity index (χ1n) is 7.82. The summed E-state index contributed by atoms with van der Waals surface area (Å²) in [7, 11) is 1.49. The summed E-state index contributed by atoms with van der Waals surface area (Å²) in [6.45, 7) is 2.90. The molecule has 122 valence electrons. The molecule has 2 heterocycles. The maximum absolute atomic E-state index is 12.1. The quantitative estimate of drug-likeness (QED) is 0.915. The van der Waals surface area contributed by atoms with Crippen molar-refractivity contribution >= 4 is 5.91 Å². The third-order valence-electron chi connectivity index (χ3n) is 4.09. The van der Waals surface area contributed by atoms with Crippen LogP contribution in [-0.4, -0.2) is 42.2 Å². The monoisotopic (exact) mass is 315 g/mol. The first kappa shape index (κ1) is 15.6. The summed E-state index contributed by atoms with van der Waals surface area (Å²) in [6.07, 6.45) is 1.87. The summed E-state index contributed by atoms with van der Waals surface area (Å²) in [5, 5.41) is 6.64. The number of amides is 1. The minimum Gasteiger partial charge on any atom is -0.479 e. The van der Waals surface area contributed by atoms with Gasteiger partial charge in [-0.2, -0.15) is 0 Å². The normalized spacial score (nSPS) is 16.2. The van der Waals surface area contributed by atoms with Gasteiger partial charge in [-0.15, -0.1) is 0 Å². The minimum absolute atomic E-state index is 0.172. The van der Waals surface area contributed by atoms with Crippen molar-refractivity contribution in [3.63, 3.8) is 0 Å². The molecule has 0 unspecified atom stereocenters. The van der Waals surface area contributed by atoms with Crippen molar-refractivity contribution in [3.8, 4) is 5.88 Å². The maximum Gasteiger partial charge on any atom is 0.290 e. The lowest BCUT2D eigenvalue weighted by atomic mass is 10.0. The van der Waals surface area contributed by atoms with E-state index in [-0.39, 0.29) is 17.7 Å². The van der Waals surface area contributed by atoms with Gasteiger partial charge in [0.15, 0.2) is 0 Å². The Labute approximate surface area is 135 Å². The summed E-state index contributed by atoms with van der Waals surface area (Å²) < 4.78 is 9.88. The average molecular weight is 315 g/mol. The van der Waals surface area contributed by atoms with Gasteiger partial charge in [0.2, 0.25) is 5.76 Å². The van der Waals surface area contributed by atoms with E-state index in [1.807, 2.05) is 6.07 Å². The van der Waals surface area contributed by atoms with Gasteiger partial charge in [-0.25, -0.2) is 0 Å². The lowest BCUT2D eigenvalue weighted by molar-refractivity contribution is 0.0871. The van der Waals surface area contributed by atoms with E-state index in [4.69, 9.17) is 9.26 Å². The van der Waals surface area contributed by atoms with Crippen molar-refractivity contribution in [2.45, 2.75) is 25.4 Å². The van der Waals surface area contributed by atoms with Crippen LogP contribution in [0.1, 0.15) is 29.0 Å². The fourth-order valence-corrected chi connectivity index (χ4v) is 2.80. The zero-order valence-corrected chi connectivity index (χ0v) is 13.2. The van der Waals surface area contributed by atoms with Gasteiger partial charge in [0, 0.05) is 25.7 Å². The van der Waals surface area contributed by atoms with Crippen LogP contribution in [0.2, 0.25) is 0 Å². The average Bonchev–Trinajstić information content (AvgIpc) is 3.07. The molecule has 1 amide bonds. The smallest absolute Gasteiger partial charge is 0.290 e. The molecule has 0 radical (unpaired) electrons. The molecule has 1 aromatic carbocycles. The van der Waals surface area contributed by atoms with Crippen molar-refractivity contribution in [3.05, 3.63) is 47.7 Å². The molecular weight excluding hydrogens is 294 g/mol. The number of ether oxygens (including phenoxy) is 1. The Balaban J connectivity index is 1.46.